The molecule has 0 spiro atoms. The first kappa shape index (κ1) is 85.2. The third kappa shape index (κ3) is 50.7. The van der Waals surface area contributed by atoms with Gasteiger partial charge in [-0.1, -0.05) is 257 Å². The van der Waals surface area contributed by atoms with Gasteiger partial charge >= 0.3 is 0 Å². The van der Waals surface area contributed by atoms with Gasteiger partial charge in [-0.2, -0.15) is 0 Å². The lowest BCUT2D eigenvalue weighted by molar-refractivity contribution is -0.693. The standard InChI is InChI=1S/C39H63N2.C35H55N2.2C2H6O4S/c1-4-7-9-11-13-15-17-19-21-23-33-41(34-24-22-20-18-16-14-12-10-8-5-2)39-29-27-37(28-30-39)25-26-38-31-35-40(6-3)36-32-38;1-4-7-9-11-13-15-17-19-29-37(30-20-18-16-14-12-10-8-5-2)35-25-23-33(24-26-35)21-22-34-27-31-36(6-3)32-28-34;2*1-2-6-7(3,4)5/h27-32,35-36H,4-24,33-34H2,1-3H3;23-28,31-32H,4-20,29-30H2,1-3H3;2*2H2,1H3,(H,3,4,5)/q2*+1;;/p-2. The molecule has 0 unspecified atom stereocenters. The number of aryl methyl sites for hydroxylation is 2. The van der Waals surface area contributed by atoms with Gasteiger partial charge in [0.15, 0.2) is 24.8 Å². The Hall–Kier alpha value is -4.80. The SMILES string of the molecule is CCCCCCCCCCCCN(CCCCCCCCCCCC)c1ccc(C#Cc2cc[n+](CC)cc2)cc1.CCCCCCCCCCN(CCCCCCCCCC)c1ccc(C#Cc2cc[n+](CC)cc2)cc1.CCOS(=O)(=O)[O-].CCOS(=O)(=O)[O-]. The van der Waals surface area contributed by atoms with Crippen molar-refractivity contribution in [2.45, 2.75) is 300 Å². The van der Waals surface area contributed by atoms with Crippen LogP contribution in [0.3, 0.4) is 0 Å². The summed E-state index contributed by atoms with van der Waals surface area (Å²) < 4.78 is 68.3. The van der Waals surface area contributed by atoms with E-state index < -0.39 is 20.8 Å². The molecule has 0 aliphatic carbocycles. The summed E-state index contributed by atoms with van der Waals surface area (Å²) in [4.78, 5) is 5.28. The summed E-state index contributed by atoms with van der Waals surface area (Å²) in [7, 11) is -8.85. The molecule has 0 saturated carbocycles. The Balaban J connectivity index is 0.000000762. The number of hydrogen-bond acceptors (Lipinski definition) is 10. The third-order valence-corrected chi connectivity index (χ3v) is 17.4. The van der Waals surface area contributed by atoms with Crippen LogP contribution in [0.4, 0.5) is 11.4 Å². The number of unbranched alkanes of at least 4 members (excludes halogenated alkanes) is 32. The number of rotatable bonds is 48. The summed E-state index contributed by atoms with van der Waals surface area (Å²) in [6.45, 7) is 22.9. The van der Waals surface area contributed by atoms with E-state index in [1.54, 1.807) is 0 Å². The molecule has 0 radical (unpaired) electrons. The fourth-order valence-corrected chi connectivity index (χ4v) is 11.4. The first-order valence-electron chi connectivity index (χ1n) is 36.6. The van der Waals surface area contributed by atoms with E-state index in [0.717, 1.165) is 35.3 Å². The maximum atomic E-state index is 9.45. The highest BCUT2D eigenvalue weighted by molar-refractivity contribution is 7.81. The van der Waals surface area contributed by atoms with E-state index in [9.17, 15) is 25.9 Å². The summed E-state index contributed by atoms with van der Waals surface area (Å²) >= 11 is 0. The van der Waals surface area contributed by atoms with Crippen molar-refractivity contribution in [2.24, 2.45) is 0 Å². The van der Waals surface area contributed by atoms with E-state index in [1.165, 1.54) is 283 Å². The zero-order valence-corrected chi connectivity index (χ0v) is 60.9. The molecule has 0 aliphatic rings. The largest absolute Gasteiger partial charge is 0.726 e. The van der Waals surface area contributed by atoms with E-state index in [1.807, 2.05) is 0 Å². The molecule has 0 fully saturated rings. The van der Waals surface area contributed by atoms with Gasteiger partial charge in [-0.05, 0) is 102 Å². The van der Waals surface area contributed by atoms with Gasteiger partial charge < -0.3 is 18.9 Å². The smallest absolute Gasteiger partial charge is 0.217 e. The van der Waals surface area contributed by atoms with Crippen molar-refractivity contribution in [1.82, 2.24) is 0 Å². The first-order valence-corrected chi connectivity index (χ1v) is 39.2. The van der Waals surface area contributed by atoms with Crippen molar-refractivity contribution in [3.05, 3.63) is 120 Å². The van der Waals surface area contributed by atoms with Crippen molar-refractivity contribution < 1.29 is 43.4 Å². The Morgan fingerprint density at radius 3 is 0.674 bits per heavy atom. The highest BCUT2D eigenvalue weighted by Crippen LogP contribution is 2.22. The molecule has 0 bridgehead atoms. The minimum atomic E-state index is -4.42. The van der Waals surface area contributed by atoms with Crippen LogP contribution < -0.4 is 18.9 Å². The number of hydrogen-bond donors (Lipinski definition) is 0. The molecule has 0 atom stereocenters. The molecule has 14 heteroatoms. The molecule has 2 aromatic carbocycles. The minimum Gasteiger partial charge on any atom is -0.726 e. The number of anilines is 2. The van der Waals surface area contributed by atoms with Crippen LogP contribution in [0.1, 0.15) is 309 Å². The van der Waals surface area contributed by atoms with Gasteiger partial charge in [-0.3, -0.25) is 8.37 Å². The second kappa shape index (κ2) is 58.8. The fraction of sp³-hybridized carbons (Fsp3) is 0.667. The first-order chi connectivity index (χ1) is 44.6. The van der Waals surface area contributed by atoms with Gasteiger partial charge in [0.25, 0.3) is 0 Å². The topological polar surface area (TPSA) is 147 Å². The van der Waals surface area contributed by atoms with Crippen molar-refractivity contribution in [3.8, 4) is 23.7 Å². The molecule has 92 heavy (non-hydrogen) atoms. The summed E-state index contributed by atoms with van der Waals surface area (Å²) in [5.74, 6) is 13.4. The predicted octanol–water partition coefficient (Wildman–Crippen LogP) is 19.5. The van der Waals surface area contributed by atoms with E-state index in [4.69, 9.17) is 0 Å². The van der Waals surface area contributed by atoms with Gasteiger partial charge in [0.05, 0.1) is 13.2 Å². The zero-order valence-electron chi connectivity index (χ0n) is 59.2. The Labute approximate surface area is 564 Å². The molecule has 4 rings (SSSR count). The Morgan fingerprint density at radius 1 is 0.304 bits per heavy atom. The molecule has 0 N–H and O–H groups in total. The van der Waals surface area contributed by atoms with Gasteiger partial charge in [0.2, 0.25) is 20.8 Å². The van der Waals surface area contributed by atoms with Gasteiger partial charge in [0.1, 0.15) is 13.1 Å². The monoisotopic (exact) mass is 1310 g/mol. The average molecular weight is 1310 g/mol. The molecule has 0 aliphatic heterocycles. The molecular formula is C78H128N4O8S2. The second-order valence-electron chi connectivity index (χ2n) is 24.3. The number of nitrogens with zero attached hydrogens (tertiary/aromatic N) is 4. The van der Waals surface area contributed by atoms with E-state index >= 15 is 0 Å². The van der Waals surface area contributed by atoms with E-state index in [2.05, 4.69) is 190 Å². The van der Waals surface area contributed by atoms with Crippen LogP contribution in [0.15, 0.2) is 97.6 Å². The third-order valence-electron chi connectivity index (χ3n) is 16.3. The van der Waals surface area contributed by atoms with Crippen LogP contribution in [0.25, 0.3) is 0 Å². The summed E-state index contributed by atoms with van der Waals surface area (Å²) in [5, 5.41) is 0. The van der Waals surface area contributed by atoms with Crippen LogP contribution in [0.5, 0.6) is 0 Å². The summed E-state index contributed by atoms with van der Waals surface area (Å²) in [6, 6.07) is 26.4. The lowest BCUT2D eigenvalue weighted by Gasteiger charge is -2.25. The van der Waals surface area contributed by atoms with Gasteiger partial charge in [-0.15, -0.1) is 0 Å². The summed E-state index contributed by atoms with van der Waals surface area (Å²) in [5.41, 5.74) is 7.06. The van der Waals surface area contributed by atoms with E-state index in [0.29, 0.717) is 0 Å². The van der Waals surface area contributed by atoms with Crippen LogP contribution >= 0.6 is 0 Å². The van der Waals surface area contributed by atoms with Gasteiger partial charge in [-0.25, -0.2) is 26.0 Å². The molecule has 12 nitrogen and oxygen atoms in total. The number of benzene rings is 2. The minimum absolute atomic E-state index is 0.0914. The zero-order chi connectivity index (χ0) is 67.4. The van der Waals surface area contributed by atoms with Crippen LogP contribution in [0.2, 0.25) is 0 Å². The predicted molar refractivity (Wildman–Crippen MR) is 385 cm³/mol. The van der Waals surface area contributed by atoms with Crippen LogP contribution in [-0.2, 0) is 42.3 Å². The molecule has 520 valence electrons. The van der Waals surface area contributed by atoms with Crippen molar-refractivity contribution >= 4 is 32.2 Å². The Morgan fingerprint density at radius 2 is 0.500 bits per heavy atom. The Kier molecular flexibility index (Phi) is 54.4. The number of pyridine rings is 2. The lowest BCUT2D eigenvalue weighted by Crippen LogP contribution is -2.30. The van der Waals surface area contributed by atoms with E-state index in [-0.39, 0.29) is 13.2 Å². The van der Waals surface area contributed by atoms with Gasteiger partial charge in [0, 0.05) is 84.1 Å². The molecule has 0 amide bonds. The average Bonchev–Trinajstić information content (AvgIpc) is 1.61. The normalized spacial score (nSPS) is 11.0. The molecule has 0 saturated heterocycles. The maximum absolute atomic E-state index is 9.45. The second-order valence-corrected chi connectivity index (χ2v) is 26.5. The fourth-order valence-electron chi connectivity index (χ4n) is 10.8. The quantitative estimate of drug-likeness (QED) is 0.0138. The maximum Gasteiger partial charge on any atom is 0.217 e. The highest BCUT2D eigenvalue weighted by Gasteiger charge is 2.09. The molecular weight excluding hydrogens is 1190 g/mol. The molecule has 2 aromatic heterocycles. The number of aromatic nitrogens is 2. The lowest BCUT2D eigenvalue weighted by atomic mass is 10.1. The van der Waals surface area contributed by atoms with Crippen LogP contribution in [0, 0.1) is 23.7 Å². The van der Waals surface area contributed by atoms with Crippen molar-refractivity contribution in [3.63, 3.8) is 0 Å². The summed E-state index contributed by atoms with van der Waals surface area (Å²) in [6.07, 6.45) is 58.4. The molecule has 4 aromatic rings. The van der Waals surface area contributed by atoms with Crippen molar-refractivity contribution in [2.75, 3.05) is 49.2 Å². The van der Waals surface area contributed by atoms with Crippen LogP contribution in [-0.4, -0.2) is 65.3 Å². The molecule has 2 heterocycles. The van der Waals surface area contributed by atoms with Crippen molar-refractivity contribution in [1.29, 1.82) is 0 Å². The Bertz CT molecular complexity index is 2610. The highest BCUT2D eigenvalue weighted by atomic mass is 32.3.